The fraction of sp³-hybridized carbons (Fsp3) is 0.292. The van der Waals surface area contributed by atoms with Crippen LogP contribution in [0.1, 0.15) is 30.0 Å². The number of nitrogens with zero attached hydrogens (tertiary/aromatic N) is 4. The van der Waals surface area contributed by atoms with E-state index in [0.29, 0.717) is 47.2 Å². The maximum atomic E-state index is 13.4. The molecular formula is C24H20F4N4O2S. The maximum absolute atomic E-state index is 13.4. The maximum Gasteiger partial charge on any atom is 0.416 e. The normalized spacial score (nSPS) is 22.0. The Labute approximate surface area is 201 Å². The number of carbonyl (C=O) groups excluding carboxylic acids is 1. The van der Waals surface area contributed by atoms with Crippen LogP contribution in [0.15, 0.2) is 52.5 Å². The first-order chi connectivity index (χ1) is 16.5. The summed E-state index contributed by atoms with van der Waals surface area (Å²) in [5, 5.41) is 15.0. The topological polar surface area (TPSA) is 70.7 Å². The number of halogens is 4. The van der Waals surface area contributed by atoms with Crippen LogP contribution in [0.2, 0.25) is 0 Å². The molecule has 182 valence electrons. The number of amides is 1. The van der Waals surface area contributed by atoms with Gasteiger partial charge in [-0.1, -0.05) is 12.1 Å². The van der Waals surface area contributed by atoms with Gasteiger partial charge in [-0.3, -0.25) is 9.48 Å². The molecule has 1 amide bonds. The van der Waals surface area contributed by atoms with E-state index >= 15 is 0 Å². The summed E-state index contributed by atoms with van der Waals surface area (Å²) in [6, 6.07) is 7.96. The van der Waals surface area contributed by atoms with Crippen molar-refractivity contribution < 1.29 is 27.5 Å². The molecule has 0 bridgehead atoms. The van der Waals surface area contributed by atoms with E-state index in [-0.39, 0.29) is 17.3 Å². The quantitative estimate of drug-likeness (QED) is 0.490. The van der Waals surface area contributed by atoms with E-state index in [1.807, 2.05) is 17.0 Å². The molecule has 1 atom stereocenters. The summed E-state index contributed by atoms with van der Waals surface area (Å²) in [5.41, 5.74) is -0.600. The highest BCUT2D eigenvalue weighted by atomic mass is 32.2. The lowest BCUT2D eigenvalue weighted by Crippen LogP contribution is -2.33. The predicted octanol–water partition coefficient (Wildman–Crippen LogP) is 5.31. The van der Waals surface area contributed by atoms with Crippen LogP contribution in [0.3, 0.4) is 0 Å². The molecule has 35 heavy (non-hydrogen) atoms. The Kier molecular flexibility index (Phi) is 5.71. The van der Waals surface area contributed by atoms with E-state index in [1.54, 1.807) is 25.3 Å². The molecule has 1 aromatic heterocycles. The Balaban J connectivity index is 1.42. The van der Waals surface area contributed by atoms with Gasteiger partial charge in [0.05, 0.1) is 28.1 Å². The molecule has 1 N–H and O–H groups in total. The lowest BCUT2D eigenvalue weighted by atomic mass is 10.1. The number of aliphatic hydroxyl groups is 1. The highest BCUT2D eigenvalue weighted by Crippen LogP contribution is 2.35. The zero-order chi connectivity index (χ0) is 25.0. The number of amidine groups is 1. The number of aliphatic imine (C=N–C) groups is 1. The molecule has 2 aromatic carbocycles. The number of thioether (sulfide) groups is 1. The number of carbonyl (C=O) groups is 1. The van der Waals surface area contributed by atoms with Crippen LogP contribution in [0.4, 0.5) is 22.4 Å². The first kappa shape index (κ1) is 23.6. The van der Waals surface area contributed by atoms with Crippen LogP contribution in [-0.4, -0.2) is 49.6 Å². The first-order valence-electron chi connectivity index (χ1n) is 10.8. The van der Waals surface area contributed by atoms with Gasteiger partial charge in [0.2, 0.25) is 0 Å². The lowest BCUT2D eigenvalue weighted by molar-refractivity contribution is -0.138. The number of benzene rings is 2. The second kappa shape index (κ2) is 8.49. The molecule has 1 saturated heterocycles. The average Bonchev–Trinajstić information content (AvgIpc) is 3.44. The molecule has 2 aliphatic rings. The SMILES string of the molecule is CC1(O)CCN(C2=NC(=O)S/C2=C\c2ccc3nn(Cc4ccc(F)cc4C(F)(F)F)cc3c2)C1. The zero-order valence-corrected chi connectivity index (χ0v) is 19.3. The molecular weight excluding hydrogens is 484 g/mol. The average molecular weight is 505 g/mol. The van der Waals surface area contributed by atoms with E-state index < -0.39 is 23.2 Å². The van der Waals surface area contributed by atoms with E-state index in [9.17, 15) is 27.5 Å². The van der Waals surface area contributed by atoms with Crippen LogP contribution < -0.4 is 0 Å². The van der Waals surface area contributed by atoms with Gasteiger partial charge in [-0.25, -0.2) is 4.39 Å². The van der Waals surface area contributed by atoms with E-state index in [1.165, 1.54) is 4.68 Å². The fourth-order valence-electron chi connectivity index (χ4n) is 4.29. The summed E-state index contributed by atoms with van der Waals surface area (Å²) in [4.78, 5) is 18.7. The third-order valence-corrected chi connectivity index (χ3v) is 6.74. The van der Waals surface area contributed by atoms with Crippen molar-refractivity contribution >= 4 is 39.8 Å². The number of rotatable bonds is 3. The molecule has 0 spiro atoms. The molecule has 1 fully saturated rings. The van der Waals surface area contributed by atoms with Crippen molar-refractivity contribution in [3.05, 3.63) is 70.0 Å². The van der Waals surface area contributed by atoms with Crippen molar-refractivity contribution in [1.29, 1.82) is 0 Å². The largest absolute Gasteiger partial charge is 0.416 e. The predicted molar refractivity (Wildman–Crippen MR) is 125 cm³/mol. The molecule has 11 heteroatoms. The number of aromatic nitrogens is 2. The second-order valence-corrected chi connectivity index (χ2v) is 9.92. The Bertz CT molecular complexity index is 1390. The van der Waals surface area contributed by atoms with Crippen molar-refractivity contribution in [3.8, 4) is 0 Å². The third kappa shape index (κ3) is 4.96. The Hall–Kier alpha value is -3.18. The molecule has 0 radical (unpaired) electrons. The minimum absolute atomic E-state index is 0.0859. The highest BCUT2D eigenvalue weighted by molar-refractivity contribution is 8.18. The fourth-order valence-corrected chi connectivity index (χ4v) is 5.07. The summed E-state index contributed by atoms with van der Waals surface area (Å²) >= 11 is 1.01. The molecule has 0 aliphatic carbocycles. The number of alkyl halides is 3. The van der Waals surface area contributed by atoms with Gasteiger partial charge >= 0.3 is 11.4 Å². The summed E-state index contributed by atoms with van der Waals surface area (Å²) in [5.74, 6) is -0.419. The Morgan fingerprint density at radius 2 is 2.03 bits per heavy atom. The molecule has 0 saturated carbocycles. The Morgan fingerprint density at radius 1 is 1.23 bits per heavy atom. The second-order valence-electron chi connectivity index (χ2n) is 8.92. The van der Waals surface area contributed by atoms with Crippen LogP contribution in [0, 0.1) is 5.82 Å². The molecule has 1 unspecified atom stereocenters. The van der Waals surface area contributed by atoms with Crippen molar-refractivity contribution in [2.75, 3.05) is 13.1 Å². The van der Waals surface area contributed by atoms with Crippen molar-refractivity contribution in [3.63, 3.8) is 0 Å². The van der Waals surface area contributed by atoms with Crippen LogP contribution in [-0.2, 0) is 12.7 Å². The summed E-state index contributed by atoms with van der Waals surface area (Å²) in [6.07, 6.45) is -0.657. The molecule has 3 aromatic rings. The number of likely N-dealkylation sites (tertiary alicyclic amines) is 1. The zero-order valence-electron chi connectivity index (χ0n) is 18.5. The van der Waals surface area contributed by atoms with Crippen molar-refractivity contribution in [1.82, 2.24) is 14.7 Å². The number of β-amino-alcohol motifs (C(OH)–C–C–N with tert-alkyl or cyclic N) is 1. The van der Waals surface area contributed by atoms with Crippen LogP contribution in [0.5, 0.6) is 0 Å². The van der Waals surface area contributed by atoms with Gasteiger partial charge in [0, 0.05) is 24.7 Å². The molecule has 5 rings (SSSR count). The summed E-state index contributed by atoms with van der Waals surface area (Å²) in [7, 11) is 0. The first-order valence-corrected chi connectivity index (χ1v) is 11.6. The molecule has 6 nitrogen and oxygen atoms in total. The third-order valence-electron chi connectivity index (χ3n) is 5.95. The van der Waals surface area contributed by atoms with Gasteiger partial charge in [-0.05, 0) is 66.6 Å². The summed E-state index contributed by atoms with van der Waals surface area (Å²) < 4.78 is 54.8. The number of fused-ring (bicyclic) bond motifs is 1. The minimum atomic E-state index is -4.68. The monoisotopic (exact) mass is 504 g/mol. The number of hydrogen-bond donors (Lipinski definition) is 1. The minimum Gasteiger partial charge on any atom is -0.388 e. The van der Waals surface area contributed by atoms with Gasteiger partial charge in [0.25, 0.3) is 0 Å². The van der Waals surface area contributed by atoms with Crippen molar-refractivity contribution in [2.24, 2.45) is 4.99 Å². The van der Waals surface area contributed by atoms with Gasteiger partial charge in [0.15, 0.2) is 0 Å². The van der Waals surface area contributed by atoms with E-state index in [0.717, 1.165) is 29.5 Å². The highest BCUT2D eigenvalue weighted by Gasteiger charge is 2.37. The summed E-state index contributed by atoms with van der Waals surface area (Å²) in [6.45, 7) is 2.55. The standard InChI is InChI=1S/C24H20F4N4O2S/c1-23(34)6-7-31(13-23)21-20(35-22(33)29-21)9-14-2-5-19-16(8-14)12-32(30-19)11-15-3-4-17(25)10-18(15)24(26,27)28/h2-5,8-10,12,34H,6-7,11,13H2,1H3/b20-9-. The van der Waals surface area contributed by atoms with Gasteiger partial charge in [0.1, 0.15) is 11.7 Å². The number of hydrogen-bond acceptors (Lipinski definition) is 5. The van der Waals surface area contributed by atoms with Gasteiger partial charge in [-0.2, -0.15) is 23.3 Å². The molecule has 3 heterocycles. The lowest BCUT2D eigenvalue weighted by Gasteiger charge is -2.20. The van der Waals surface area contributed by atoms with Crippen LogP contribution in [0.25, 0.3) is 17.0 Å². The van der Waals surface area contributed by atoms with E-state index in [4.69, 9.17) is 0 Å². The van der Waals surface area contributed by atoms with Gasteiger partial charge in [-0.15, -0.1) is 0 Å². The van der Waals surface area contributed by atoms with E-state index in [2.05, 4.69) is 10.1 Å². The van der Waals surface area contributed by atoms with Crippen LogP contribution >= 0.6 is 11.8 Å². The Morgan fingerprint density at radius 3 is 2.74 bits per heavy atom. The van der Waals surface area contributed by atoms with Gasteiger partial charge < -0.3 is 10.0 Å². The smallest absolute Gasteiger partial charge is 0.388 e. The molecule has 2 aliphatic heterocycles. The van der Waals surface area contributed by atoms with Crippen molar-refractivity contribution in [2.45, 2.75) is 31.7 Å².